The van der Waals surface area contributed by atoms with E-state index in [4.69, 9.17) is 5.73 Å². The Morgan fingerprint density at radius 1 is 1.15 bits per heavy atom. The molecular formula is C17H20ClN5O3. The lowest BCUT2D eigenvalue weighted by Crippen LogP contribution is -2.49. The first-order valence-electron chi connectivity index (χ1n) is 8.01. The van der Waals surface area contributed by atoms with Gasteiger partial charge < -0.3 is 15.5 Å². The van der Waals surface area contributed by atoms with Crippen LogP contribution < -0.4 is 10.6 Å². The number of pyridine rings is 1. The number of hydrogen-bond acceptors (Lipinski definition) is 6. The minimum Gasteiger partial charge on any atom is -0.397 e. The lowest BCUT2D eigenvalue weighted by Gasteiger charge is -2.35. The highest BCUT2D eigenvalue weighted by molar-refractivity contribution is 5.85. The van der Waals surface area contributed by atoms with E-state index in [0.29, 0.717) is 43.2 Å². The maximum Gasteiger partial charge on any atom is 0.292 e. The van der Waals surface area contributed by atoms with Crippen molar-refractivity contribution in [1.82, 2.24) is 9.88 Å². The van der Waals surface area contributed by atoms with Crippen LogP contribution in [0.4, 0.5) is 17.1 Å². The smallest absolute Gasteiger partial charge is 0.292 e. The van der Waals surface area contributed by atoms with E-state index in [1.54, 1.807) is 35.2 Å². The molecule has 1 aliphatic heterocycles. The molecule has 26 heavy (non-hydrogen) atoms. The molecule has 2 N–H and O–H groups in total. The summed E-state index contributed by atoms with van der Waals surface area (Å²) in [6.45, 7) is 2.18. The number of hydrogen-bond donors (Lipinski definition) is 1. The van der Waals surface area contributed by atoms with Gasteiger partial charge in [0.15, 0.2) is 0 Å². The number of nitrogen functional groups attached to an aromatic ring is 1. The SMILES string of the molecule is Cl.Nc1ccc(CC(=O)N2CCN(c3ccccc3[N+](=O)[O-])CC2)nc1. The predicted molar refractivity (Wildman–Crippen MR) is 101 cm³/mol. The molecule has 8 nitrogen and oxygen atoms in total. The molecule has 9 heteroatoms. The van der Waals surface area contributed by atoms with Crippen LogP contribution in [0, 0.1) is 10.1 Å². The van der Waals surface area contributed by atoms with Crippen LogP contribution >= 0.6 is 12.4 Å². The number of nitrogens with two attached hydrogens (primary N) is 1. The molecule has 1 saturated heterocycles. The van der Waals surface area contributed by atoms with Gasteiger partial charge in [0.1, 0.15) is 5.69 Å². The molecule has 138 valence electrons. The summed E-state index contributed by atoms with van der Waals surface area (Å²) in [5.41, 5.74) is 7.53. The van der Waals surface area contributed by atoms with Gasteiger partial charge in [-0.05, 0) is 18.2 Å². The molecule has 0 saturated carbocycles. The molecule has 1 amide bonds. The minimum atomic E-state index is -0.375. The van der Waals surface area contributed by atoms with Crippen molar-refractivity contribution in [2.75, 3.05) is 36.8 Å². The van der Waals surface area contributed by atoms with Gasteiger partial charge in [0.25, 0.3) is 5.69 Å². The first-order valence-corrected chi connectivity index (χ1v) is 8.01. The molecular weight excluding hydrogens is 358 g/mol. The first-order chi connectivity index (χ1) is 12.0. The van der Waals surface area contributed by atoms with E-state index < -0.39 is 0 Å². The van der Waals surface area contributed by atoms with Gasteiger partial charge in [0, 0.05) is 37.9 Å². The molecule has 0 spiro atoms. The second-order valence-corrected chi connectivity index (χ2v) is 5.87. The maximum absolute atomic E-state index is 12.4. The molecule has 0 atom stereocenters. The number of nitro groups is 1. The fourth-order valence-electron chi connectivity index (χ4n) is 2.89. The lowest BCUT2D eigenvalue weighted by atomic mass is 10.2. The third-order valence-corrected chi connectivity index (χ3v) is 4.23. The van der Waals surface area contributed by atoms with Gasteiger partial charge in [-0.3, -0.25) is 19.9 Å². The number of aromatic nitrogens is 1. The predicted octanol–water partition coefficient (Wildman–Crippen LogP) is 1.89. The third-order valence-electron chi connectivity index (χ3n) is 4.23. The van der Waals surface area contributed by atoms with E-state index in [2.05, 4.69) is 4.98 Å². The Labute approximate surface area is 157 Å². The van der Waals surface area contributed by atoms with Gasteiger partial charge in [0.05, 0.1) is 23.2 Å². The maximum atomic E-state index is 12.4. The molecule has 0 unspecified atom stereocenters. The number of halogens is 1. The molecule has 0 bridgehead atoms. The van der Waals surface area contributed by atoms with Crippen molar-refractivity contribution in [3.8, 4) is 0 Å². The van der Waals surface area contributed by atoms with Gasteiger partial charge in [-0.25, -0.2) is 0 Å². The number of nitrogens with zero attached hydrogens (tertiary/aromatic N) is 4. The standard InChI is InChI=1S/C17H19N5O3.ClH/c18-13-5-6-14(19-12-13)11-17(23)21-9-7-20(8-10-21)15-3-1-2-4-16(15)22(24)25;/h1-6,12H,7-11,18H2;1H. The Hall–Kier alpha value is -2.87. The number of carbonyl (C=O) groups excluding carboxylic acids is 1. The number of nitro benzene ring substituents is 1. The monoisotopic (exact) mass is 377 g/mol. The fourth-order valence-corrected chi connectivity index (χ4v) is 2.89. The number of para-hydroxylation sites is 2. The Bertz CT molecular complexity index is 776. The van der Waals surface area contributed by atoms with Crippen LogP contribution in [0.1, 0.15) is 5.69 Å². The van der Waals surface area contributed by atoms with Crippen molar-refractivity contribution in [3.05, 3.63) is 58.4 Å². The number of anilines is 2. The average molecular weight is 378 g/mol. The Morgan fingerprint density at radius 2 is 1.85 bits per heavy atom. The van der Waals surface area contributed by atoms with Gasteiger partial charge in [0.2, 0.25) is 5.91 Å². The number of piperazine rings is 1. The van der Waals surface area contributed by atoms with Crippen LogP contribution in [0.2, 0.25) is 0 Å². The lowest BCUT2D eigenvalue weighted by molar-refractivity contribution is -0.384. The summed E-state index contributed by atoms with van der Waals surface area (Å²) in [6.07, 6.45) is 1.76. The molecule has 3 rings (SSSR count). The zero-order chi connectivity index (χ0) is 17.8. The molecule has 0 radical (unpaired) electrons. The normalized spacial score (nSPS) is 13.8. The molecule has 1 aromatic heterocycles. The topological polar surface area (TPSA) is 106 Å². The van der Waals surface area contributed by atoms with Crippen LogP contribution in [-0.2, 0) is 11.2 Å². The van der Waals surface area contributed by atoms with E-state index in [0.717, 1.165) is 0 Å². The fraction of sp³-hybridized carbons (Fsp3) is 0.294. The van der Waals surface area contributed by atoms with Crippen LogP contribution in [0.15, 0.2) is 42.6 Å². The molecule has 1 aromatic carbocycles. The summed E-state index contributed by atoms with van der Waals surface area (Å²) in [6, 6.07) is 10.2. The minimum absolute atomic E-state index is 0. The van der Waals surface area contributed by atoms with E-state index in [9.17, 15) is 14.9 Å². The molecule has 0 aliphatic carbocycles. The van der Waals surface area contributed by atoms with Gasteiger partial charge in [-0.1, -0.05) is 12.1 Å². The summed E-state index contributed by atoms with van der Waals surface area (Å²) in [5, 5.41) is 11.2. The van der Waals surface area contributed by atoms with E-state index in [1.165, 1.54) is 12.3 Å². The highest BCUT2D eigenvalue weighted by atomic mass is 35.5. The molecule has 2 aromatic rings. The quantitative estimate of drug-likeness (QED) is 0.644. The summed E-state index contributed by atoms with van der Waals surface area (Å²) < 4.78 is 0. The van der Waals surface area contributed by atoms with E-state index in [-0.39, 0.29) is 35.3 Å². The second kappa shape index (κ2) is 8.48. The van der Waals surface area contributed by atoms with Gasteiger partial charge in [-0.2, -0.15) is 0 Å². The van der Waals surface area contributed by atoms with Gasteiger partial charge in [-0.15, -0.1) is 12.4 Å². The van der Waals surface area contributed by atoms with Crippen molar-refractivity contribution in [1.29, 1.82) is 0 Å². The highest BCUT2D eigenvalue weighted by Crippen LogP contribution is 2.28. The molecule has 1 aliphatic rings. The average Bonchev–Trinajstić information content (AvgIpc) is 2.63. The van der Waals surface area contributed by atoms with Crippen LogP contribution in [0.3, 0.4) is 0 Å². The Balaban J connectivity index is 0.00000243. The summed E-state index contributed by atoms with van der Waals surface area (Å²) in [7, 11) is 0. The summed E-state index contributed by atoms with van der Waals surface area (Å²) in [5.74, 6) is -0.000479. The highest BCUT2D eigenvalue weighted by Gasteiger charge is 2.25. The molecule has 2 heterocycles. The number of benzene rings is 1. The number of amides is 1. The van der Waals surface area contributed by atoms with Crippen LogP contribution in [-0.4, -0.2) is 46.9 Å². The first kappa shape index (κ1) is 19.5. The van der Waals surface area contributed by atoms with Crippen molar-refractivity contribution in [2.45, 2.75) is 6.42 Å². The van der Waals surface area contributed by atoms with Crippen molar-refractivity contribution >= 4 is 35.4 Å². The summed E-state index contributed by atoms with van der Waals surface area (Å²) >= 11 is 0. The van der Waals surface area contributed by atoms with Gasteiger partial charge >= 0.3 is 0 Å². The van der Waals surface area contributed by atoms with Crippen LogP contribution in [0.25, 0.3) is 0 Å². The zero-order valence-corrected chi connectivity index (χ0v) is 14.9. The number of carbonyl (C=O) groups is 1. The van der Waals surface area contributed by atoms with E-state index >= 15 is 0 Å². The summed E-state index contributed by atoms with van der Waals surface area (Å²) in [4.78, 5) is 31.0. The van der Waals surface area contributed by atoms with Crippen molar-refractivity contribution in [3.63, 3.8) is 0 Å². The van der Waals surface area contributed by atoms with Crippen molar-refractivity contribution in [2.24, 2.45) is 0 Å². The molecule has 1 fully saturated rings. The second-order valence-electron chi connectivity index (χ2n) is 5.87. The number of rotatable bonds is 4. The Morgan fingerprint density at radius 3 is 2.46 bits per heavy atom. The van der Waals surface area contributed by atoms with Crippen molar-refractivity contribution < 1.29 is 9.72 Å². The zero-order valence-electron chi connectivity index (χ0n) is 14.1. The van der Waals surface area contributed by atoms with E-state index in [1.807, 2.05) is 4.90 Å². The van der Waals surface area contributed by atoms with Crippen LogP contribution in [0.5, 0.6) is 0 Å². The Kier molecular flexibility index (Phi) is 6.35. The largest absolute Gasteiger partial charge is 0.397 e. The third kappa shape index (κ3) is 4.40.